The molecule has 0 unspecified atom stereocenters. The molecule has 0 atom stereocenters. The summed E-state index contributed by atoms with van der Waals surface area (Å²) in [4.78, 5) is 73.7. The topological polar surface area (TPSA) is 222 Å². The van der Waals surface area contributed by atoms with E-state index in [2.05, 4.69) is 21.3 Å². The van der Waals surface area contributed by atoms with Crippen molar-refractivity contribution in [3.05, 3.63) is 93.9 Å². The van der Waals surface area contributed by atoms with Gasteiger partial charge in [-0.15, -0.1) is 0 Å². The van der Waals surface area contributed by atoms with Gasteiger partial charge in [0, 0.05) is 65.8 Å². The van der Waals surface area contributed by atoms with Crippen LogP contribution >= 0.6 is 0 Å². The van der Waals surface area contributed by atoms with Crippen molar-refractivity contribution in [1.29, 1.82) is 0 Å². The Morgan fingerprint density at radius 3 is 1.62 bits per heavy atom. The van der Waals surface area contributed by atoms with Gasteiger partial charge in [0.25, 0.3) is 29.3 Å². The number of fused-ring (bicyclic) bond motifs is 1. The summed E-state index contributed by atoms with van der Waals surface area (Å²) >= 11 is 0. The Bertz CT molecular complexity index is 2130. The Kier molecular flexibility index (Phi) is 8.86. The zero-order chi connectivity index (χ0) is 34.9. The van der Waals surface area contributed by atoms with Gasteiger partial charge < -0.3 is 45.3 Å². The Hall–Kier alpha value is -6.65. The second-order valence-corrected chi connectivity index (χ2v) is 11.1. The number of aromatic nitrogens is 4. The molecular weight excluding hydrogens is 624 g/mol. The minimum atomic E-state index is -0.541. The molecule has 0 spiro atoms. The fourth-order valence-electron chi connectivity index (χ4n) is 5.27. The molecule has 0 aliphatic heterocycles. The van der Waals surface area contributed by atoms with Crippen LogP contribution in [0.2, 0.25) is 0 Å². The highest BCUT2D eigenvalue weighted by molar-refractivity contribution is 6.10. The molecule has 0 aliphatic rings. The highest BCUT2D eigenvalue weighted by Crippen LogP contribution is 2.29. The molecule has 0 radical (unpaired) electrons. The number of aryl methyl sites for hydroxylation is 4. The van der Waals surface area contributed by atoms with Crippen molar-refractivity contribution in [2.45, 2.75) is 6.42 Å². The van der Waals surface area contributed by atoms with Crippen LogP contribution in [0, 0.1) is 10.1 Å². The van der Waals surface area contributed by atoms with Gasteiger partial charge in [-0.1, -0.05) is 6.07 Å². The SMILES string of the molecule is Cn1cc(NC(=O)c2cc(NC(=O)c3cc(NC(=O)c4cc5c([N+](=O)[O-])cccc5n4C)cn3C)cn2C)cc1C(=O)NCCC(N)=O. The molecule has 0 fully saturated rings. The number of hydrogen-bond acceptors (Lipinski definition) is 7. The molecule has 4 aromatic heterocycles. The third-order valence-electron chi connectivity index (χ3n) is 7.64. The van der Waals surface area contributed by atoms with Gasteiger partial charge in [0.05, 0.1) is 32.9 Å². The Balaban J connectivity index is 1.24. The number of hydrogen-bond donors (Lipinski definition) is 5. The number of nitro groups is 1. The maximum Gasteiger partial charge on any atom is 0.278 e. The Morgan fingerprint density at radius 2 is 1.17 bits per heavy atom. The quantitative estimate of drug-likeness (QED) is 0.105. The number of carbonyl (C=O) groups excluding carboxylic acids is 5. The first-order valence-corrected chi connectivity index (χ1v) is 14.5. The number of carbonyl (C=O) groups is 5. The van der Waals surface area contributed by atoms with Gasteiger partial charge in [-0.05, 0) is 30.3 Å². The average molecular weight is 657 g/mol. The number of benzene rings is 1. The van der Waals surface area contributed by atoms with Crippen molar-refractivity contribution in [3.63, 3.8) is 0 Å². The van der Waals surface area contributed by atoms with Crippen molar-refractivity contribution in [2.75, 3.05) is 22.5 Å². The lowest BCUT2D eigenvalue weighted by Crippen LogP contribution is -2.29. The molecule has 248 valence electrons. The van der Waals surface area contributed by atoms with Crippen molar-refractivity contribution in [2.24, 2.45) is 33.9 Å². The zero-order valence-corrected chi connectivity index (χ0v) is 26.4. The van der Waals surface area contributed by atoms with Crippen LogP contribution in [0.15, 0.2) is 61.1 Å². The molecule has 4 heterocycles. The Labute approximate surface area is 272 Å². The largest absolute Gasteiger partial charge is 0.370 e. The number of nitro benzene ring substituents is 1. The van der Waals surface area contributed by atoms with Crippen LogP contribution in [0.4, 0.5) is 22.7 Å². The van der Waals surface area contributed by atoms with Gasteiger partial charge in [0.2, 0.25) is 5.91 Å². The summed E-state index contributed by atoms with van der Waals surface area (Å²) in [5, 5.41) is 22.6. The maximum absolute atomic E-state index is 13.2. The molecule has 0 saturated carbocycles. The van der Waals surface area contributed by atoms with E-state index in [4.69, 9.17) is 5.73 Å². The third-order valence-corrected chi connectivity index (χ3v) is 7.64. The van der Waals surface area contributed by atoms with E-state index in [9.17, 15) is 34.1 Å². The van der Waals surface area contributed by atoms with Crippen LogP contribution in [0.3, 0.4) is 0 Å². The summed E-state index contributed by atoms with van der Waals surface area (Å²) in [6.45, 7) is 0.0806. The molecule has 17 nitrogen and oxygen atoms in total. The van der Waals surface area contributed by atoms with Crippen molar-refractivity contribution < 1.29 is 28.9 Å². The summed E-state index contributed by atoms with van der Waals surface area (Å²) in [5.74, 6) is -2.50. The van der Waals surface area contributed by atoms with Gasteiger partial charge in [-0.25, -0.2) is 0 Å². The molecule has 5 amide bonds. The van der Waals surface area contributed by atoms with Crippen molar-refractivity contribution in [3.8, 4) is 0 Å². The van der Waals surface area contributed by atoms with Gasteiger partial charge in [0.1, 0.15) is 22.8 Å². The predicted octanol–water partition coefficient (Wildman–Crippen LogP) is 2.46. The van der Waals surface area contributed by atoms with Gasteiger partial charge >= 0.3 is 0 Å². The lowest BCUT2D eigenvalue weighted by atomic mass is 10.2. The number of non-ortho nitro benzene ring substituents is 1. The molecule has 0 bridgehead atoms. The molecule has 0 aliphatic carbocycles. The smallest absolute Gasteiger partial charge is 0.278 e. The van der Waals surface area contributed by atoms with Crippen LogP contribution in [0.1, 0.15) is 48.4 Å². The fraction of sp³-hybridized carbons (Fsp3) is 0.194. The first-order chi connectivity index (χ1) is 22.7. The summed E-state index contributed by atoms with van der Waals surface area (Å²) in [6.07, 6.45) is 4.66. The lowest BCUT2D eigenvalue weighted by molar-refractivity contribution is -0.383. The van der Waals surface area contributed by atoms with Crippen molar-refractivity contribution >= 4 is 63.2 Å². The highest BCUT2D eigenvalue weighted by atomic mass is 16.6. The second kappa shape index (κ2) is 13.0. The number of rotatable bonds is 11. The van der Waals surface area contributed by atoms with E-state index in [0.29, 0.717) is 28.0 Å². The van der Waals surface area contributed by atoms with Gasteiger partial charge in [-0.3, -0.25) is 34.1 Å². The normalized spacial score (nSPS) is 10.9. The summed E-state index contributed by atoms with van der Waals surface area (Å²) in [6, 6.07) is 10.5. The van der Waals surface area contributed by atoms with Gasteiger partial charge in [0.15, 0.2) is 0 Å². The minimum Gasteiger partial charge on any atom is -0.370 e. The molecule has 5 rings (SSSR count). The number of amides is 5. The van der Waals surface area contributed by atoms with Crippen molar-refractivity contribution in [1.82, 2.24) is 23.6 Å². The van der Waals surface area contributed by atoms with Gasteiger partial charge in [-0.2, -0.15) is 0 Å². The van der Waals surface area contributed by atoms with Crippen LogP contribution in [0.25, 0.3) is 10.9 Å². The van der Waals surface area contributed by atoms with E-state index in [1.807, 2.05) is 0 Å². The van der Waals surface area contributed by atoms with E-state index in [1.165, 1.54) is 44.0 Å². The molecule has 48 heavy (non-hydrogen) atoms. The maximum atomic E-state index is 13.2. The molecule has 5 aromatic rings. The summed E-state index contributed by atoms with van der Waals surface area (Å²) in [7, 11) is 6.52. The van der Waals surface area contributed by atoms with E-state index in [-0.39, 0.29) is 41.4 Å². The van der Waals surface area contributed by atoms with Crippen LogP contribution in [0.5, 0.6) is 0 Å². The molecule has 1 aromatic carbocycles. The summed E-state index contributed by atoms with van der Waals surface area (Å²) in [5.41, 5.74) is 7.40. The molecule has 17 heteroatoms. The number of nitrogens with two attached hydrogens (primary N) is 1. The minimum absolute atomic E-state index is 0.00412. The second-order valence-electron chi connectivity index (χ2n) is 11.1. The third kappa shape index (κ3) is 6.64. The fourth-order valence-corrected chi connectivity index (χ4v) is 5.27. The van der Waals surface area contributed by atoms with E-state index < -0.39 is 34.5 Å². The monoisotopic (exact) mass is 656 g/mol. The first kappa shape index (κ1) is 32.7. The number of nitrogens with zero attached hydrogens (tertiary/aromatic N) is 5. The highest BCUT2D eigenvalue weighted by Gasteiger charge is 2.22. The molecule has 6 N–H and O–H groups in total. The zero-order valence-electron chi connectivity index (χ0n) is 26.4. The average Bonchev–Trinajstić information content (AvgIpc) is 3.77. The number of primary amides is 1. The Morgan fingerprint density at radius 1 is 0.708 bits per heavy atom. The summed E-state index contributed by atoms with van der Waals surface area (Å²) < 4.78 is 6.12. The first-order valence-electron chi connectivity index (χ1n) is 14.5. The predicted molar refractivity (Wildman–Crippen MR) is 176 cm³/mol. The van der Waals surface area contributed by atoms with Crippen LogP contribution in [-0.2, 0) is 33.0 Å². The number of anilines is 3. The molecular formula is C31H32N10O7. The van der Waals surface area contributed by atoms with Crippen LogP contribution in [-0.4, -0.2) is 59.3 Å². The van der Waals surface area contributed by atoms with E-state index in [0.717, 1.165) is 0 Å². The van der Waals surface area contributed by atoms with E-state index >= 15 is 0 Å². The molecule has 0 saturated heterocycles. The number of nitrogens with one attached hydrogen (secondary N) is 4. The van der Waals surface area contributed by atoms with E-state index in [1.54, 1.807) is 63.5 Å². The standard InChI is InChI=1S/C31H32N10O7/c1-37-14-17(10-23(37)28(43)33-9-8-27(32)42)34-29(44)24-11-18(15-38(24)2)35-30(45)25-12-19(16-39(25)3)36-31(46)26-13-20-21(40(26)4)6-5-7-22(20)41(47)48/h5-7,10-16H,8-9H2,1-4H3,(H2,32,42)(H,33,43)(H,34,44)(H,35,45)(H,36,46). The lowest BCUT2D eigenvalue weighted by Gasteiger charge is -2.04. The van der Waals surface area contributed by atoms with Crippen LogP contribution < -0.4 is 27.0 Å².